The summed E-state index contributed by atoms with van der Waals surface area (Å²) in [5.41, 5.74) is 4.31. The van der Waals surface area contributed by atoms with Crippen LogP contribution in [0.3, 0.4) is 0 Å². The third-order valence-corrected chi connectivity index (χ3v) is 4.04. The van der Waals surface area contributed by atoms with Crippen molar-refractivity contribution in [3.63, 3.8) is 0 Å². The van der Waals surface area contributed by atoms with E-state index in [0.717, 1.165) is 42.6 Å². The average molecular weight is 298 g/mol. The molecule has 1 unspecified atom stereocenters. The predicted molar refractivity (Wildman–Crippen MR) is 85.7 cm³/mol. The van der Waals surface area contributed by atoms with Crippen molar-refractivity contribution in [1.82, 2.24) is 20.4 Å². The first kappa shape index (κ1) is 14.8. The number of aryl methyl sites for hydroxylation is 1. The fourth-order valence-electron chi connectivity index (χ4n) is 2.98. The summed E-state index contributed by atoms with van der Waals surface area (Å²) in [6.07, 6.45) is 4.66. The number of hydrogen-bond acceptors (Lipinski definition) is 3. The number of rotatable bonds is 4. The summed E-state index contributed by atoms with van der Waals surface area (Å²) >= 11 is 0. The van der Waals surface area contributed by atoms with Crippen LogP contribution in [0.5, 0.6) is 0 Å². The molecule has 0 radical (unpaired) electrons. The highest BCUT2D eigenvalue weighted by Crippen LogP contribution is 2.19. The van der Waals surface area contributed by atoms with Gasteiger partial charge in [-0.2, -0.15) is 5.10 Å². The van der Waals surface area contributed by atoms with Crippen LogP contribution in [0.1, 0.15) is 33.6 Å². The third-order valence-electron chi connectivity index (χ3n) is 4.04. The Morgan fingerprint density at radius 2 is 2.32 bits per heavy atom. The molecule has 1 amide bonds. The number of aromatic amines is 1. The number of carbonyl (C=O) groups excluding carboxylic acids is 1. The van der Waals surface area contributed by atoms with E-state index < -0.39 is 0 Å². The number of fused-ring (bicyclic) bond motifs is 1. The normalized spacial score (nSPS) is 17.3. The Balaban J connectivity index is 1.65. The topological polar surface area (TPSA) is 61.0 Å². The van der Waals surface area contributed by atoms with Gasteiger partial charge >= 0.3 is 0 Å². The van der Waals surface area contributed by atoms with Gasteiger partial charge in [0.25, 0.3) is 5.91 Å². The molecule has 116 valence electrons. The van der Waals surface area contributed by atoms with E-state index in [-0.39, 0.29) is 11.9 Å². The second-order valence-corrected chi connectivity index (χ2v) is 6.23. The Labute approximate surface area is 130 Å². The van der Waals surface area contributed by atoms with Crippen LogP contribution in [-0.2, 0) is 19.4 Å². The van der Waals surface area contributed by atoms with Gasteiger partial charge in [0.15, 0.2) is 0 Å². The van der Waals surface area contributed by atoms with Gasteiger partial charge in [-0.1, -0.05) is 12.1 Å². The van der Waals surface area contributed by atoms with Crippen molar-refractivity contribution in [3.8, 4) is 0 Å². The molecule has 3 rings (SSSR count). The van der Waals surface area contributed by atoms with E-state index in [9.17, 15) is 4.79 Å². The minimum atomic E-state index is 0.00794. The summed E-state index contributed by atoms with van der Waals surface area (Å²) in [5.74, 6) is 0.00794. The fourth-order valence-corrected chi connectivity index (χ4v) is 2.98. The van der Waals surface area contributed by atoms with E-state index in [2.05, 4.69) is 20.4 Å². The minimum Gasteiger partial charge on any atom is -0.349 e. The SMILES string of the molecule is CN(C)Cc1cccc(C(=O)NC2CCc3cn[nH]c3C2)c1. The molecule has 0 saturated heterocycles. The molecule has 5 heteroatoms. The molecular weight excluding hydrogens is 276 g/mol. The van der Waals surface area contributed by atoms with E-state index in [0.29, 0.717) is 0 Å². The molecule has 1 aromatic heterocycles. The molecular formula is C17H22N4O. The van der Waals surface area contributed by atoms with Gasteiger partial charge < -0.3 is 10.2 Å². The number of aromatic nitrogens is 2. The molecule has 0 aliphatic heterocycles. The van der Waals surface area contributed by atoms with Crippen molar-refractivity contribution >= 4 is 5.91 Å². The van der Waals surface area contributed by atoms with Crippen LogP contribution >= 0.6 is 0 Å². The lowest BCUT2D eigenvalue weighted by atomic mass is 9.93. The molecule has 2 aromatic rings. The molecule has 1 aliphatic carbocycles. The van der Waals surface area contributed by atoms with Crippen molar-refractivity contribution in [2.75, 3.05) is 14.1 Å². The monoisotopic (exact) mass is 298 g/mol. The Bertz CT molecular complexity index is 662. The Morgan fingerprint density at radius 3 is 3.14 bits per heavy atom. The van der Waals surface area contributed by atoms with Crippen LogP contribution in [0.25, 0.3) is 0 Å². The summed E-state index contributed by atoms with van der Waals surface area (Å²) in [4.78, 5) is 14.5. The van der Waals surface area contributed by atoms with Crippen molar-refractivity contribution in [1.29, 1.82) is 0 Å². The number of H-pyrrole nitrogens is 1. The number of hydrogen-bond donors (Lipinski definition) is 2. The highest BCUT2D eigenvalue weighted by molar-refractivity contribution is 5.94. The quantitative estimate of drug-likeness (QED) is 0.904. The highest BCUT2D eigenvalue weighted by Gasteiger charge is 2.22. The molecule has 22 heavy (non-hydrogen) atoms. The first-order valence-electron chi connectivity index (χ1n) is 7.67. The van der Waals surface area contributed by atoms with Gasteiger partial charge in [-0.15, -0.1) is 0 Å². The lowest BCUT2D eigenvalue weighted by Gasteiger charge is -2.23. The molecule has 1 aliphatic rings. The van der Waals surface area contributed by atoms with Crippen LogP contribution in [0, 0.1) is 0 Å². The summed E-state index contributed by atoms with van der Waals surface area (Å²) < 4.78 is 0. The summed E-state index contributed by atoms with van der Waals surface area (Å²) in [6, 6.07) is 8.02. The zero-order valence-electron chi connectivity index (χ0n) is 13.1. The molecule has 1 aromatic carbocycles. The summed E-state index contributed by atoms with van der Waals surface area (Å²) in [5, 5.41) is 10.2. The second kappa shape index (κ2) is 6.32. The lowest BCUT2D eigenvalue weighted by Crippen LogP contribution is -2.38. The maximum atomic E-state index is 12.5. The Hall–Kier alpha value is -2.14. The van der Waals surface area contributed by atoms with Gasteiger partial charge in [-0.05, 0) is 50.2 Å². The lowest BCUT2D eigenvalue weighted by molar-refractivity contribution is 0.0933. The second-order valence-electron chi connectivity index (χ2n) is 6.23. The minimum absolute atomic E-state index is 0.00794. The van der Waals surface area contributed by atoms with Gasteiger partial charge in [-0.25, -0.2) is 0 Å². The molecule has 1 atom stereocenters. The van der Waals surface area contributed by atoms with Crippen molar-refractivity contribution in [2.24, 2.45) is 0 Å². The van der Waals surface area contributed by atoms with Gasteiger partial charge in [0.05, 0.1) is 6.20 Å². The largest absolute Gasteiger partial charge is 0.349 e. The number of benzene rings is 1. The number of amides is 1. The van der Waals surface area contributed by atoms with Crippen LogP contribution in [0.2, 0.25) is 0 Å². The van der Waals surface area contributed by atoms with Gasteiger partial charge in [0.2, 0.25) is 0 Å². The fraction of sp³-hybridized carbons (Fsp3) is 0.412. The number of nitrogens with one attached hydrogen (secondary N) is 2. The van der Waals surface area contributed by atoms with Crippen LogP contribution in [0.4, 0.5) is 0 Å². The Kier molecular flexibility index (Phi) is 4.24. The Morgan fingerprint density at radius 1 is 1.45 bits per heavy atom. The van der Waals surface area contributed by atoms with E-state index in [1.807, 2.05) is 44.6 Å². The third kappa shape index (κ3) is 3.36. The van der Waals surface area contributed by atoms with Crippen molar-refractivity contribution in [2.45, 2.75) is 31.8 Å². The van der Waals surface area contributed by atoms with Gasteiger partial charge in [-0.3, -0.25) is 9.89 Å². The van der Waals surface area contributed by atoms with Crippen LogP contribution < -0.4 is 5.32 Å². The van der Waals surface area contributed by atoms with E-state index in [4.69, 9.17) is 0 Å². The zero-order chi connectivity index (χ0) is 15.5. The van der Waals surface area contributed by atoms with Gasteiger partial charge in [0, 0.05) is 30.3 Å². The predicted octanol–water partition coefficient (Wildman–Crippen LogP) is 1.76. The maximum absolute atomic E-state index is 12.5. The zero-order valence-corrected chi connectivity index (χ0v) is 13.1. The molecule has 5 nitrogen and oxygen atoms in total. The first-order chi connectivity index (χ1) is 10.6. The maximum Gasteiger partial charge on any atom is 0.251 e. The van der Waals surface area contributed by atoms with Crippen molar-refractivity contribution < 1.29 is 4.79 Å². The molecule has 0 saturated carbocycles. The molecule has 0 fully saturated rings. The van der Waals surface area contributed by atoms with Gasteiger partial charge in [0.1, 0.15) is 0 Å². The molecule has 0 bridgehead atoms. The van der Waals surface area contributed by atoms with Crippen molar-refractivity contribution in [3.05, 3.63) is 52.8 Å². The van der Waals surface area contributed by atoms with Crippen LogP contribution in [0.15, 0.2) is 30.5 Å². The average Bonchev–Trinajstić information content (AvgIpc) is 2.94. The number of carbonyl (C=O) groups is 1. The number of nitrogens with zero attached hydrogens (tertiary/aromatic N) is 2. The molecule has 2 N–H and O–H groups in total. The van der Waals surface area contributed by atoms with E-state index >= 15 is 0 Å². The van der Waals surface area contributed by atoms with Crippen LogP contribution in [-0.4, -0.2) is 41.1 Å². The van der Waals surface area contributed by atoms with E-state index in [1.54, 1.807) is 0 Å². The summed E-state index contributed by atoms with van der Waals surface area (Å²) in [7, 11) is 4.05. The summed E-state index contributed by atoms with van der Waals surface area (Å²) in [6.45, 7) is 0.835. The smallest absolute Gasteiger partial charge is 0.251 e. The highest BCUT2D eigenvalue weighted by atomic mass is 16.1. The molecule has 0 spiro atoms. The molecule has 1 heterocycles. The first-order valence-corrected chi connectivity index (χ1v) is 7.67. The van der Waals surface area contributed by atoms with E-state index in [1.165, 1.54) is 5.56 Å². The standard InChI is InChI=1S/C17H22N4O/c1-21(2)11-12-4-3-5-13(8-12)17(22)19-15-7-6-14-10-18-20-16(14)9-15/h3-5,8,10,15H,6-7,9,11H2,1-2H3,(H,18,20)(H,19,22).